The largest absolute Gasteiger partial charge is 0.338 e. The maximum absolute atomic E-state index is 12.7. The molecule has 2 unspecified atom stereocenters. The van der Waals surface area contributed by atoms with Crippen molar-refractivity contribution in [3.8, 4) is 0 Å². The second-order valence-electron chi connectivity index (χ2n) is 4.84. The summed E-state index contributed by atoms with van der Waals surface area (Å²) in [5.74, 6) is -0.205. The lowest BCUT2D eigenvalue weighted by molar-refractivity contribution is -0.133. The fourth-order valence-corrected chi connectivity index (χ4v) is 3.05. The highest BCUT2D eigenvalue weighted by molar-refractivity contribution is 7.10. The molecule has 2 atom stereocenters. The van der Waals surface area contributed by atoms with E-state index in [-0.39, 0.29) is 17.9 Å². The minimum Gasteiger partial charge on any atom is -0.338 e. The molecule has 2 rings (SSSR count). The monoisotopic (exact) mass is 288 g/mol. The number of thiophene rings is 1. The predicted molar refractivity (Wildman–Crippen MR) is 83.7 cm³/mol. The van der Waals surface area contributed by atoms with Crippen LogP contribution in [-0.2, 0) is 4.79 Å². The first-order chi connectivity index (χ1) is 9.65. The molecule has 2 N–H and O–H groups in total. The molecular weight excluding hydrogens is 268 g/mol. The molecule has 4 heteroatoms. The van der Waals surface area contributed by atoms with Crippen LogP contribution in [0.25, 0.3) is 0 Å². The highest BCUT2D eigenvalue weighted by Crippen LogP contribution is 2.26. The highest BCUT2D eigenvalue weighted by atomic mass is 32.1. The van der Waals surface area contributed by atoms with Crippen molar-refractivity contribution in [2.75, 3.05) is 13.6 Å². The van der Waals surface area contributed by atoms with E-state index in [1.54, 1.807) is 16.2 Å². The van der Waals surface area contributed by atoms with Crippen molar-refractivity contribution in [3.63, 3.8) is 0 Å². The average molecular weight is 288 g/mol. The Labute approximate surface area is 124 Å². The zero-order valence-corrected chi connectivity index (χ0v) is 12.6. The Morgan fingerprint density at radius 3 is 2.50 bits per heavy atom. The second-order valence-corrected chi connectivity index (χ2v) is 5.82. The Hall–Kier alpha value is -1.65. The summed E-state index contributed by atoms with van der Waals surface area (Å²) in [5.41, 5.74) is 6.79. The molecule has 0 saturated heterocycles. The number of hydrogen-bond acceptors (Lipinski definition) is 3. The lowest BCUT2D eigenvalue weighted by atomic mass is 9.97. The lowest BCUT2D eigenvalue weighted by Crippen LogP contribution is -2.36. The summed E-state index contributed by atoms with van der Waals surface area (Å²) < 4.78 is 0. The van der Waals surface area contributed by atoms with Crippen LogP contribution in [0.2, 0.25) is 0 Å². The van der Waals surface area contributed by atoms with Crippen molar-refractivity contribution >= 4 is 17.2 Å². The van der Waals surface area contributed by atoms with Crippen LogP contribution < -0.4 is 5.73 Å². The Morgan fingerprint density at radius 1 is 1.25 bits per heavy atom. The van der Waals surface area contributed by atoms with Crippen LogP contribution in [0, 0.1) is 0 Å². The summed E-state index contributed by atoms with van der Waals surface area (Å²) in [7, 11) is 1.85. The number of nitrogens with two attached hydrogens (primary N) is 1. The van der Waals surface area contributed by atoms with Crippen LogP contribution in [0.5, 0.6) is 0 Å². The SMILES string of the molecule is CC(c1cccs1)N(C)C(=O)C(CN)c1ccccc1. The van der Waals surface area contributed by atoms with Gasteiger partial charge in [-0.1, -0.05) is 36.4 Å². The van der Waals surface area contributed by atoms with E-state index in [2.05, 4.69) is 6.07 Å². The smallest absolute Gasteiger partial charge is 0.231 e. The number of benzene rings is 1. The Balaban J connectivity index is 2.16. The number of rotatable bonds is 5. The number of carbonyl (C=O) groups excluding carboxylic acids is 1. The molecule has 0 bridgehead atoms. The van der Waals surface area contributed by atoms with Gasteiger partial charge < -0.3 is 10.6 Å². The molecule has 0 aliphatic carbocycles. The van der Waals surface area contributed by atoms with Gasteiger partial charge >= 0.3 is 0 Å². The number of amides is 1. The number of carbonyl (C=O) groups is 1. The summed E-state index contributed by atoms with van der Waals surface area (Å²) in [5, 5.41) is 2.03. The first-order valence-corrected chi connectivity index (χ1v) is 7.58. The third-order valence-corrected chi connectivity index (χ3v) is 4.66. The van der Waals surface area contributed by atoms with Crippen LogP contribution in [-0.4, -0.2) is 24.4 Å². The summed E-state index contributed by atoms with van der Waals surface area (Å²) in [4.78, 5) is 15.6. The third kappa shape index (κ3) is 3.08. The van der Waals surface area contributed by atoms with E-state index in [4.69, 9.17) is 5.73 Å². The van der Waals surface area contributed by atoms with Crippen LogP contribution >= 0.6 is 11.3 Å². The minimum absolute atomic E-state index is 0.0691. The fourth-order valence-electron chi connectivity index (χ4n) is 2.22. The van der Waals surface area contributed by atoms with Gasteiger partial charge in [0.25, 0.3) is 0 Å². The first-order valence-electron chi connectivity index (χ1n) is 6.70. The molecule has 1 amide bonds. The van der Waals surface area contributed by atoms with Gasteiger partial charge in [0.05, 0.1) is 12.0 Å². The number of likely N-dealkylation sites (N-methyl/N-ethyl adjacent to an activating group) is 1. The quantitative estimate of drug-likeness (QED) is 0.919. The van der Waals surface area contributed by atoms with E-state index < -0.39 is 0 Å². The maximum Gasteiger partial charge on any atom is 0.231 e. The van der Waals surface area contributed by atoms with E-state index in [0.29, 0.717) is 6.54 Å². The summed E-state index contributed by atoms with van der Waals surface area (Å²) in [6, 6.07) is 13.9. The van der Waals surface area contributed by atoms with E-state index in [0.717, 1.165) is 5.56 Å². The zero-order chi connectivity index (χ0) is 14.5. The van der Waals surface area contributed by atoms with Gasteiger partial charge in [-0.2, -0.15) is 0 Å². The van der Waals surface area contributed by atoms with E-state index in [1.165, 1.54) is 4.88 Å². The molecule has 2 aromatic rings. The minimum atomic E-state index is -0.274. The van der Waals surface area contributed by atoms with Crippen LogP contribution in [0.4, 0.5) is 0 Å². The van der Waals surface area contributed by atoms with E-state index in [1.807, 2.05) is 55.7 Å². The molecule has 1 heterocycles. The molecule has 0 spiro atoms. The summed E-state index contributed by atoms with van der Waals surface area (Å²) in [6.45, 7) is 2.37. The number of hydrogen-bond donors (Lipinski definition) is 1. The Bertz CT molecular complexity index is 539. The summed E-state index contributed by atoms with van der Waals surface area (Å²) >= 11 is 1.67. The van der Waals surface area contributed by atoms with Gasteiger partial charge in [0.2, 0.25) is 5.91 Å². The molecule has 0 saturated carbocycles. The Kier molecular flexibility index (Phi) is 4.93. The van der Waals surface area contributed by atoms with Gasteiger partial charge in [-0.05, 0) is 23.9 Å². The molecule has 1 aromatic carbocycles. The normalized spacial score (nSPS) is 13.8. The molecule has 0 radical (unpaired) electrons. The molecule has 106 valence electrons. The van der Waals surface area contributed by atoms with Gasteiger partial charge in [0.15, 0.2) is 0 Å². The van der Waals surface area contributed by atoms with Gasteiger partial charge in [-0.3, -0.25) is 4.79 Å². The average Bonchev–Trinajstić information content (AvgIpc) is 3.01. The predicted octanol–water partition coefficient (Wildman–Crippen LogP) is 3.01. The van der Waals surface area contributed by atoms with Gasteiger partial charge in [0, 0.05) is 18.5 Å². The lowest BCUT2D eigenvalue weighted by Gasteiger charge is -2.28. The molecule has 1 aromatic heterocycles. The van der Waals surface area contributed by atoms with Crippen LogP contribution in [0.1, 0.15) is 29.3 Å². The molecule has 0 aliphatic heterocycles. The molecule has 3 nitrogen and oxygen atoms in total. The fraction of sp³-hybridized carbons (Fsp3) is 0.312. The van der Waals surface area contributed by atoms with E-state index >= 15 is 0 Å². The third-order valence-electron chi connectivity index (χ3n) is 3.62. The van der Waals surface area contributed by atoms with Crippen molar-refractivity contribution in [1.82, 2.24) is 4.90 Å². The van der Waals surface area contributed by atoms with Crippen molar-refractivity contribution in [2.24, 2.45) is 5.73 Å². The second kappa shape index (κ2) is 6.68. The summed E-state index contributed by atoms with van der Waals surface area (Å²) in [6.07, 6.45) is 0. The van der Waals surface area contributed by atoms with E-state index in [9.17, 15) is 4.79 Å². The number of nitrogens with zero attached hydrogens (tertiary/aromatic N) is 1. The van der Waals surface area contributed by atoms with Gasteiger partial charge in [-0.15, -0.1) is 11.3 Å². The van der Waals surface area contributed by atoms with Crippen molar-refractivity contribution in [1.29, 1.82) is 0 Å². The Morgan fingerprint density at radius 2 is 1.95 bits per heavy atom. The van der Waals surface area contributed by atoms with Gasteiger partial charge in [0.1, 0.15) is 0 Å². The highest BCUT2D eigenvalue weighted by Gasteiger charge is 2.26. The maximum atomic E-state index is 12.7. The van der Waals surface area contributed by atoms with Crippen molar-refractivity contribution in [2.45, 2.75) is 18.9 Å². The molecule has 0 fully saturated rings. The van der Waals surface area contributed by atoms with Crippen LogP contribution in [0.3, 0.4) is 0 Å². The molecule has 20 heavy (non-hydrogen) atoms. The van der Waals surface area contributed by atoms with Crippen molar-refractivity contribution in [3.05, 3.63) is 58.3 Å². The first kappa shape index (κ1) is 14.8. The standard InChI is InChI=1S/C16H20N2OS/c1-12(15-9-6-10-20-15)18(2)16(19)14(11-17)13-7-4-3-5-8-13/h3-10,12,14H,11,17H2,1-2H3. The zero-order valence-electron chi connectivity index (χ0n) is 11.8. The topological polar surface area (TPSA) is 46.3 Å². The molecule has 0 aliphatic rings. The van der Waals surface area contributed by atoms with Crippen LogP contribution in [0.15, 0.2) is 47.8 Å². The van der Waals surface area contributed by atoms with Gasteiger partial charge in [-0.25, -0.2) is 0 Å². The van der Waals surface area contributed by atoms with Crippen molar-refractivity contribution < 1.29 is 4.79 Å². The molecular formula is C16H20N2OS.